The normalized spacial score (nSPS) is 18.7. The first-order valence-electron chi connectivity index (χ1n) is 7.38. The number of hydrogen-bond donors (Lipinski definition) is 0. The Labute approximate surface area is 149 Å². The van der Waals surface area contributed by atoms with Gasteiger partial charge in [-0.3, -0.25) is 0 Å². The Hall–Kier alpha value is -1.41. The van der Waals surface area contributed by atoms with E-state index in [0.717, 1.165) is 17.7 Å². The van der Waals surface area contributed by atoms with E-state index in [0.29, 0.717) is 6.54 Å². The maximum atomic E-state index is 13.0. The van der Waals surface area contributed by atoms with Crippen molar-refractivity contribution in [3.8, 4) is 0 Å². The topological polar surface area (TPSA) is 63.7 Å². The molecule has 1 saturated heterocycles. The van der Waals surface area contributed by atoms with Crippen molar-refractivity contribution in [1.82, 2.24) is 4.31 Å². The summed E-state index contributed by atoms with van der Waals surface area (Å²) in [7, 11) is -2.48. The van der Waals surface area contributed by atoms with Crippen LogP contribution in [0.4, 0.5) is 0 Å². The molecule has 2 heterocycles. The largest absolute Gasteiger partial charge is 0.465 e. The Morgan fingerprint density at radius 3 is 2.79 bits per heavy atom. The van der Waals surface area contributed by atoms with E-state index in [-0.39, 0.29) is 21.5 Å². The van der Waals surface area contributed by atoms with Gasteiger partial charge in [0, 0.05) is 11.4 Å². The molecule has 24 heavy (non-hydrogen) atoms. The van der Waals surface area contributed by atoms with Crippen molar-refractivity contribution in [3.63, 3.8) is 0 Å². The molecule has 0 aliphatic carbocycles. The van der Waals surface area contributed by atoms with Crippen molar-refractivity contribution in [1.29, 1.82) is 0 Å². The number of esters is 1. The molecule has 5 nitrogen and oxygen atoms in total. The second-order valence-electron chi connectivity index (χ2n) is 5.43. The first-order chi connectivity index (χ1) is 11.4. The molecule has 0 bridgehead atoms. The smallest absolute Gasteiger partial charge is 0.337 e. The fourth-order valence-electron chi connectivity index (χ4n) is 2.87. The van der Waals surface area contributed by atoms with Crippen LogP contribution < -0.4 is 0 Å². The number of hydrogen-bond acceptors (Lipinski definition) is 5. The van der Waals surface area contributed by atoms with E-state index in [2.05, 4.69) is 4.74 Å². The molecular formula is C16H16ClNO4S2. The number of methoxy groups -OCH3 is 1. The van der Waals surface area contributed by atoms with Crippen LogP contribution in [-0.4, -0.2) is 32.3 Å². The van der Waals surface area contributed by atoms with E-state index in [9.17, 15) is 13.2 Å². The zero-order valence-corrected chi connectivity index (χ0v) is 15.3. The van der Waals surface area contributed by atoms with Gasteiger partial charge in [-0.05, 0) is 42.5 Å². The van der Waals surface area contributed by atoms with E-state index in [1.165, 1.54) is 29.6 Å². The average molecular weight is 386 g/mol. The molecule has 8 heteroatoms. The highest BCUT2D eigenvalue weighted by Crippen LogP contribution is 2.39. The lowest BCUT2D eigenvalue weighted by molar-refractivity contribution is 0.0600. The van der Waals surface area contributed by atoms with Gasteiger partial charge in [0.15, 0.2) is 0 Å². The Morgan fingerprint density at radius 1 is 1.38 bits per heavy atom. The van der Waals surface area contributed by atoms with Crippen LogP contribution in [0.2, 0.25) is 5.02 Å². The summed E-state index contributed by atoms with van der Waals surface area (Å²) in [5.74, 6) is -0.557. The number of nitrogens with zero attached hydrogens (tertiary/aromatic N) is 1. The van der Waals surface area contributed by atoms with Gasteiger partial charge in [0.2, 0.25) is 10.0 Å². The summed E-state index contributed by atoms with van der Waals surface area (Å²) in [6, 6.07) is 7.82. The average Bonchev–Trinajstić information content (AvgIpc) is 3.24. The SMILES string of the molecule is COC(=O)c1ccc(S(=O)(=O)N2CCCC2c2cccs2)c(Cl)c1. The molecule has 1 fully saturated rings. The minimum absolute atomic E-state index is 0.0141. The second kappa shape index (κ2) is 6.84. The standard InChI is InChI=1S/C16H16ClNO4S2/c1-22-16(19)11-6-7-15(12(17)10-11)24(20,21)18-8-2-4-13(18)14-5-3-9-23-14/h3,5-7,9-10,13H,2,4,8H2,1H3. The summed E-state index contributed by atoms with van der Waals surface area (Å²) >= 11 is 7.70. The Morgan fingerprint density at radius 2 is 2.17 bits per heavy atom. The monoisotopic (exact) mass is 385 g/mol. The van der Waals surface area contributed by atoms with Crippen LogP contribution in [0.15, 0.2) is 40.6 Å². The fourth-order valence-corrected chi connectivity index (χ4v) is 6.01. The summed E-state index contributed by atoms with van der Waals surface area (Å²) in [5.41, 5.74) is 0.220. The molecule has 2 aromatic rings. The number of carbonyl (C=O) groups is 1. The van der Waals surface area contributed by atoms with Crippen LogP contribution >= 0.6 is 22.9 Å². The molecule has 0 saturated carbocycles. The van der Waals surface area contributed by atoms with E-state index in [4.69, 9.17) is 11.6 Å². The van der Waals surface area contributed by atoms with Crippen molar-refractivity contribution in [2.24, 2.45) is 0 Å². The van der Waals surface area contributed by atoms with E-state index in [1.54, 1.807) is 11.3 Å². The van der Waals surface area contributed by atoms with Crippen LogP contribution in [0.25, 0.3) is 0 Å². The lowest BCUT2D eigenvalue weighted by Gasteiger charge is -2.23. The lowest BCUT2D eigenvalue weighted by atomic mass is 10.2. The van der Waals surface area contributed by atoms with Crippen LogP contribution in [0.5, 0.6) is 0 Å². The quantitative estimate of drug-likeness (QED) is 0.752. The van der Waals surface area contributed by atoms with Gasteiger partial charge in [-0.2, -0.15) is 4.31 Å². The van der Waals surface area contributed by atoms with Crippen LogP contribution in [-0.2, 0) is 14.8 Å². The van der Waals surface area contributed by atoms with Crippen LogP contribution in [0.1, 0.15) is 34.1 Å². The van der Waals surface area contributed by atoms with Crippen molar-refractivity contribution in [3.05, 3.63) is 51.2 Å². The molecule has 1 aliphatic rings. The molecule has 1 aliphatic heterocycles. The highest BCUT2D eigenvalue weighted by molar-refractivity contribution is 7.89. The summed E-state index contributed by atoms with van der Waals surface area (Å²) in [5, 5.41) is 1.96. The fraction of sp³-hybridized carbons (Fsp3) is 0.312. The van der Waals surface area contributed by atoms with Crippen molar-refractivity contribution in [2.45, 2.75) is 23.8 Å². The van der Waals surface area contributed by atoms with Gasteiger partial charge in [-0.1, -0.05) is 17.7 Å². The molecule has 0 spiro atoms. The predicted molar refractivity (Wildman–Crippen MR) is 93.0 cm³/mol. The first-order valence-corrected chi connectivity index (χ1v) is 10.1. The van der Waals surface area contributed by atoms with Gasteiger partial charge >= 0.3 is 5.97 Å². The third-order valence-electron chi connectivity index (χ3n) is 4.01. The van der Waals surface area contributed by atoms with Crippen LogP contribution in [0, 0.1) is 0 Å². The van der Waals surface area contributed by atoms with Crippen molar-refractivity contribution in [2.75, 3.05) is 13.7 Å². The second-order valence-corrected chi connectivity index (χ2v) is 8.67. The highest BCUT2D eigenvalue weighted by atomic mass is 35.5. The first kappa shape index (κ1) is 17.4. The van der Waals surface area contributed by atoms with Crippen molar-refractivity contribution < 1.29 is 17.9 Å². The van der Waals surface area contributed by atoms with Gasteiger partial charge in [0.05, 0.1) is 23.7 Å². The summed E-state index contributed by atoms with van der Waals surface area (Å²) in [4.78, 5) is 12.6. The number of benzene rings is 1. The number of sulfonamides is 1. The number of ether oxygens (including phenoxy) is 1. The number of halogens is 1. The molecule has 0 amide bonds. The third kappa shape index (κ3) is 3.09. The molecule has 128 valence electrons. The minimum Gasteiger partial charge on any atom is -0.465 e. The highest BCUT2D eigenvalue weighted by Gasteiger charge is 2.37. The number of carbonyl (C=O) groups excluding carboxylic acids is 1. The molecule has 0 radical (unpaired) electrons. The third-order valence-corrected chi connectivity index (χ3v) is 7.38. The Balaban J connectivity index is 1.97. The maximum Gasteiger partial charge on any atom is 0.337 e. The zero-order chi connectivity index (χ0) is 17.3. The van der Waals surface area contributed by atoms with E-state index in [1.807, 2.05) is 17.5 Å². The molecule has 1 unspecified atom stereocenters. The summed E-state index contributed by atoms with van der Waals surface area (Å²) < 4.78 is 32.2. The molecule has 3 rings (SSSR count). The van der Waals surface area contributed by atoms with Gasteiger partial charge in [0.1, 0.15) is 4.90 Å². The Kier molecular flexibility index (Phi) is 4.96. The van der Waals surface area contributed by atoms with Gasteiger partial charge < -0.3 is 4.74 Å². The number of thiophene rings is 1. The number of rotatable bonds is 4. The van der Waals surface area contributed by atoms with Gasteiger partial charge in [0.25, 0.3) is 0 Å². The molecule has 0 N–H and O–H groups in total. The Bertz CT molecular complexity index is 849. The van der Waals surface area contributed by atoms with Crippen molar-refractivity contribution >= 4 is 38.9 Å². The summed E-state index contributed by atoms with van der Waals surface area (Å²) in [6.45, 7) is 0.458. The summed E-state index contributed by atoms with van der Waals surface area (Å²) in [6.07, 6.45) is 1.59. The van der Waals surface area contributed by atoms with E-state index >= 15 is 0 Å². The molecule has 1 atom stereocenters. The molecule has 1 aromatic heterocycles. The molecular weight excluding hydrogens is 370 g/mol. The van der Waals surface area contributed by atoms with Gasteiger partial charge in [-0.25, -0.2) is 13.2 Å². The van der Waals surface area contributed by atoms with E-state index < -0.39 is 16.0 Å². The van der Waals surface area contributed by atoms with Crippen LogP contribution in [0.3, 0.4) is 0 Å². The predicted octanol–water partition coefficient (Wildman–Crippen LogP) is 3.71. The zero-order valence-electron chi connectivity index (χ0n) is 12.9. The minimum atomic E-state index is -3.74. The molecule has 1 aromatic carbocycles. The maximum absolute atomic E-state index is 13.0. The lowest BCUT2D eigenvalue weighted by Crippen LogP contribution is -2.30. The van der Waals surface area contributed by atoms with Gasteiger partial charge in [-0.15, -0.1) is 11.3 Å².